The van der Waals surface area contributed by atoms with Gasteiger partial charge in [0.25, 0.3) is 0 Å². The lowest BCUT2D eigenvalue weighted by atomic mass is 9.94. The second-order valence-electron chi connectivity index (χ2n) is 6.14. The third-order valence-corrected chi connectivity index (χ3v) is 3.61. The predicted octanol–water partition coefficient (Wildman–Crippen LogP) is 3.94. The number of nitrogens with one attached hydrogen (secondary N) is 1. The van der Waals surface area contributed by atoms with Crippen molar-refractivity contribution < 1.29 is 9.13 Å². The molecule has 1 aromatic carbocycles. The topological polar surface area (TPSA) is 21.3 Å². The van der Waals surface area contributed by atoms with Crippen molar-refractivity contribution in [3.05, 3.63) is 34.6 Å². The van der Waals surface area contributed by atoms with Crippen LogP contribution in [0.15, 0.2) is 18.2 Å². The molecule has 1 aliphatic heterocycles. The normalized spacial score (nSPS) is 23.8. The summed E-state index contributed by atoms with van der Waals surface area (Å²) in [5.41, 5.74) is 0.675. The molecule has 1 N–H and O–H groups in total. The van der Waals surface area contributed by atoms with Crippen LogP contribution in [-0.4, -0.2) is 18.7 Å². The Balaban J connectivity index is 2.10. The predicted molar refractivity (Wildman–Crippen MR) is 76.0 cm³/mol. The van der Waals surface area contributed by atoms with Crippen LogP contribution in [0, 0.1) is 11.7 Å². The van der Waals surface area contributed by atoms with Gasteiger partial charge in [-0.3, -0.25) is 0 Å². The Hall–Kier alpha value is -0.640. The average molecular weight is 286 g/mol. The van der Waals surface area contributed by atoms with Crippen molar-refractivity contribution in [2.24, 2.45) is 5.92 Å². The molecule has 1 fully saturated rings. The van der Waals surface area contributed by atoms with Gasteiger partial charge >= 0.3 is 0 Å². The second kappa shape index (κ2) is 5.78. The zero-order valence-corrected chi connectivity index (χ0v) is 12.4. The van der Waals surface area contributed by atoms with Gasteiger partial charge in [-0.1, -0.05) is 17.7 Å². The molecule has 2 unspecified atom stereocenters. The van der Waals surface area contributed by atoms with Gasteiger partial charge in [-0.15, -0.1) is 0 Å². The first-order chi connectivity index (χ1) is 8.87. The van der Waals surface area contributed by atoms with Crippen molar-refractivity contribution >= 4 is 11.6 Å². The lowest BCUT2D eigenvalue weighted by molar-refractivity contribution is 0.0859. The highest BCUT2D eigenvalue weighted by molar-refractivity contribution is 6.30. The number of hydrogen-bond acceptors (Lipinski definition) is 2. The molecule has 1 aliphatic rings. The Morgan fingerprint density at radius 3 is 2.79 bits per heavy atom. The number of halogens is 2. The summed E-state index contributed by atoms with van der Waals surface area (Å²) < 4.78 is 19.7. The van der Waals surface area contributed by atoms with Gasteiger partial charge in [0.2, 0.25) is 0 Å². The van der Waals surface area contributed by atoms with Gasteiger partial charge in [0.05, 0.1) is 6.10 Å². The maximum absolute atomic E-state index is 14.0. The van der Waals surface area contributed by atoms with E-state index in [0.717, 1.165) is 13.0 Å². The zero-order valence-electron chi connectivity index (χ0n) is 11.7. The van der Waals surface area contributed by atoms with Crippen molar-refractivity contribution in [2.45, 2.75) is 38.8 Å². The summed E-state index contributed by atoms with van der Waals surface area (Å²) in [5, 5.41) is 3.89. The molecule has 2 atom stereocenters. The van der Waals surface area contributed by atoms with Crippen LogP contribution in [0.1, 0.15) is 38.9 Å². The third-order valence-electron chi connectivity index (χ3n) is 3.38. The third kappa shape index (κ3) is 3.91. The smallest absolute Gasteiger partial charge is 0.130 e. The monoisotopic (exact) mass is 285 g/mol. The highest BCUT2D eigenvalue weighted by Gasteiger charge is 2.32. The van der Waals surface area contributed by atoms with Crippen LogP contribution in [0.5, 0.6) is 0 Å². The Bertz CT molecular complexity index is 444. The van der Waals surface area contributed by atoms with Crippen molar-refractivity contribution in [1.29, 1.82) is 0 Å². The molecule has 0 spiro atoms. The van der Waals surface area contributed by atoms with Crippen LogP contribution in [0.4, 0.5) is 4.39 Å². The minimum Gasteiger partial charge on any atom is -0.373 e. The fraction of sp³-hybridized carbons (Fsp3) is 0.600. The number of hydrogen-bond donors (Lipinski definition) is 1. The van der Waals surface area contributed by atoms with Crippen LogP contribution in [-0.2, 0) is 4.74 Å². The lowest BCUT2D eigenvalue weighted by Crippen LogP contribution is -2.39. The Labute approximate surface area is 119 Å². The lowest BCUT2D eigenvalue weighted by Gasteiger charge is -2.26. The molecule has 0 amide bonds. The molecular formula is C15H21ClFNO. The van der Waals surface area contributed by atoms with E-state index in [4.69, 9.17) is 16.3 Å². The summed E-state index contributed by atoms with van der Waals surface area (Å²) in [6.07, 6.45) is 0.780. The molecule has 0 radical (unpaired) electrons. The van der Waals surface area contributed by atoms with Gasteiger partial charge in [-0.2, -0.15) is 0 Å². The summed E-state index contributed by atoms with van der Waals surface area (Å²) in [7, 11) is 0. The van der Waals surface area contributed by atoms with E-state index in [1.54, 1.807) is 12.1 Å². The van der Waals surface area contributed by atoms with E-state index in [2.05, 4.69) is 26.1 Å². The van der Waals surface area contributed by atoms with Crippen molar-refractivity contribution in [1.82, 2.24) is 5.32 Å². The SMILES string of the molecule is CC(C)(C)NCC1CCOC1c1ccc(Cl)cc1F. The summed E-state index contributed by atoms with van der Waals surface area (Å²) in [6, 6.07) is 4.81. The maximum atomic E-state index is 14.0. The van der Waals surface area contributed by atoms with Gasteiger partial charge in [-0.05, 0) is 39.3 Å². The number of ether oxygens (including phenoxy) is 1. The van der Waals surface area contributed by atoms with Gasteiger partial charge in [0.15, 0.2) is 0 Å². The standard InChI is InChI=1S/C15H21ClFNO/c1-15(2,3)18-9-10-6-7-19-14(10)12-5-4-11(16)8-13(12)17/h4-5,8,10,14,18H,6-7,9H2,1-3H3. The molecule has 2 nitrogen and oxygen atoms in total. The van der Waals surface area contributed by atoms with Crippen LogP contribution < -0.4 is 5.32 Å². The molecule has 0 bridgehead atoms. The van der Waals surface area contributed by atoms with E-state index in [1.807, 2.05) is 0 Å². The minimum absolute atomic E-state index is 0.0612. The molecular weight excluding hydrogens is 265 g/mol. The molecule has 0 saturated carbocycles. The largest absolute Gasteiger partial charge is 0.373 e. The van der Waals surface area contributed by atoms with Crippen molar-refractivity contribution in [2.75, 3.05) is 13.2 Å². The first kappa shape index (κ1) is 14.8. The quantitative estimate of drug-likeness (QED) is 0.908. The Morgan fingerprint density at radius 1 is 1.42 bits per heavy atom. The van der Waals surface area contributed by atoms with E-state index >= 15 is 0 Å². The summed E-state index contributed by atoms with van der Waals surface area (Å²) in [5.74, 6) is 0.0232. The van der Waals surface area contributed by atoms with Gasteiger partial charge in [-0.25, -0.2) is 4.39 Å². The summed E-state index contributed by atoms with van der Waals surface area (Å²) >= 11 is 5.79. The van der Waals surface area contributed by atoms with E-state index < -0.39 is 0 Å². The summed E-state index contributed by atoms with van der Waals surface area (Å²) in [4.78, 5) is 0. The molecule has 0 aliphatic carbocycles. The first-order valence-electron chi connectivity index (χ1n) is 6.68. The highest BCUT2D eigenvalue weighted by Crippen LogP contribution is 2.36. The molecule has 1 saturated heterocycles. The fourth-order valence-electron chi connectivity index (χ4n) is 2.36. The molecule has 19 heavy (non-hydrogen) atoms. The molecule has 1 heterocycles. The van der Waals surface area contributed by atoms with Crippen LogP contribution in [0.2, 0.25) is 5.02 Å². The van der Waals surface area contributed by atoms with E-state index in [-0.39, 0.29) is 17.5 Å². The van der Waals surface area contributed by atoms with Crippen molar-refractivity contribution in [3.8, 4) is 0 Å². The van der Waals surface area contributed by atoms with Crippen molar-refractivity contribution in [3.63, 3.8) is 0 Å². The first-order valence-corrected chi connectivity index (χ1v) is 7.06. The minimum atomic E-state index is -0.278. The van der Waals surface area contributed by atoms with Crippen LogP contribution in [0.25, 0.3) is 0 Å². The number of rotatable bonds is 3. The van der Waals surface area contributed by atoms with Gasteiger partial charge in [0.1, 0.15) is 5.82 Å². The average Bonchev–Trinajstić information content (AvgIpc) is 2.73. The highest BCUT2D eigenvalue weighted by atomic mass is 35.5. The van der Waals surface area contributed by atoms with Gasteiger partial charge in [0, 0.05) is 35.2 Å². The molecule has 0 aromatic heterocycles. The Kier molecular flexibility index (Phi) is 4.49. The zero-order chi connectivity index (χ0) is 14.0. The molecule has 1 aromatic rings. The van der Waals surface area contributed by atoms with E-state index in [9.17, 15) is 4.39 Å². The molecule has 4 heteroatoms. The van der Waals surface area contributed by atoms with E-state index in [1.165, 1.54) is 6.07 Å². The molecule has 2 rings (SSSR count). The van der Waals surface area contributed by atoms with Gasteiger partial charge < -0.3 is 10.1 Å². The second-order valence-corrected chi connectivity index (χ2v) is 6.57. The maximum Gasteiger partial charge on any atom is 0.130 e. The Morgan fingerprint density at radius 2 is 2.16 bits per heavy atom. The number of benzene rings is 1. The van der Waals surface area contributed by atoms with Crippen LogP contribution in [0.3, 0.4) is 0 Å². The van der Waals surface area contributed by atoms with Crippen LogP contribution >= 0.6 is 11.6 Å². The van der Waals surface area contributed by atoms with E-state index in [0.29, 0.717) is 23.1 Å². The fourth-order valence-corrected chi connectivity index (χ4v) is 2.51. The summed E-state index contributed by atoms with van der Waals surface area (Å²) in [6.45, 7) is 7.89. The molecule has 106 valence electrons.